The lowest BCUT2D eigenvalue weighted by Crippen LogP contribution is -2.45. The van der Waals surface area contributed by atoms with E-state index in [1.807, 2.05) is 0 Å². The molecule has 0 N–H and O–H groups in total. The molecule has 0 aromatic carbocycles. The van der Waals surface area contributed by atoms with Crippen molar-refractivity contribution < 1.29 is 0 Å². The fourth-order valence-corrected chi connectivity index (χ4v) is 3.90. The molecule has 6 nitrogen and oxygen atoms in total. The van der Waals surface area contributed by atoms with Crippen LogP contribution in [0.15, 0.2) is 19.9 Å². The van der Waals surface area contributed by atoms with Gasteiger partial charge in [0, 0.05) is 26.2 Å². The van der Waals surface area contributed by atoms with E-state index in [2.05, 4.69) is 30.7 Å². The standard InChI is InChI=1S/C16H20N6S/c17-11-13(12-18)14-15(21-7-3-1-4-8-21)19-23-20-16(14)22-9-5-2-6-10-22/h1-10H2. The Morgan fingerprint density at radius 3 is 1.61 bits per heavy atom. The van der Waals surface area contributed by atoms with Crippen molar-refractivity contribution in [1.29, 1.82) is 10.5 Å². The van der Waals surface area contributed by atoms with Gasteiger partial charge < -0.3 is 9.80 Å². The number of hydrogen-bond acceptors (Lipinski definition) is 7. The largest absolute Gasteiger partial charge is 0.355 e. The fourth-order valence-electron chi connectivity index (χ4n) is 3.29. The highest BCUT2D eigenvalue weighted by Crippen LogP contribution is 2.28. The molecule has 0 radical (unpaired) electrons. The summed E-state index contributed by atoms with van der Waals surface area (Å²) in [5.41, 5.74) is 0.761. The number of allylic oxidation sites excluding steroid dienone is 1. The lowest BCUT2D eigenvalue weighted by molar-refractivity contribution is 0.335. The smallest absolute Gasteiger partial charge is 0.151 e. The number of rotatable bonds is 0. The molecule has 0 aliphatic carbocycles. The molecule has 120 valence electrons. The second-order valence-electron chi connectivity index (χ2n) is 5.98. The van der Waals surface area contributed by atoms with Crippen LogP contribution in [0.1, 0.15) is 38.5 Å². The van der Waals surface area contributed by atoms with Crippen LogP contribution in [0.2, 0.25) is 0 Å². The minimum Gasteiger partial charge on any atom is -0.355 e. The van der Waals surface area contributed by atoms with E-state index in [-0.39, 0.29) is 5.57 Å². The lowest BCUT2D eigenvalue weighted by atomic mass is 10.0. The van der Waals surface area contributed by atoms with Gasteiger partial charge in [0.1, 0.15) is 29.8 Å². The molecule has 0 atom stereocenters. The molecule has 0 spiro atoms. The summed E-state index contributed by atoms with van der Waals surface area (Å²) in [6, 6.07) is 4.11. The Labute approximate surface area is 141 Å². The molecular formula is C16H20N6S. The van der Waals surface area contributed by atoms with Gasteiger partial charge in [0.15, 0.2) is 11.7 Å². The maximum atomic E-state index is 9.43. The van der Waals surface area contributed by atoms with Gasteiger partial charge in [-0.25, -0.2) is 0 Å². The number of piperidine rings is 2. The van der Waals surface area contributed by atoms with Crippen molar-refractivity contribution in [2.45, 2.75) is 38.5 Å². The highest BCUT2D eigenvalue weighted by atomic mass is 32.2. The van der Waals surface area contributed by atoms with Crippen LogP contribution < -0.4 is 0 Å². The summed E-state index contributed by atoms with van der Waals surface area (Å²) < 4.78 is 8.96. The monoisotopic (exact) mass is 328 g/mol. The van der Waals surface area contributed by atoms with Crippen LogP contribution in [0.5, 0.6) is 0 Å². The molecule has 3 rings (SSSR count). The van der Waals surface area contributed by atoms with E-state index in [0.717, 1.165) is 63.5 Å². The van der Waals surface area contributed by atoms with Crippen molar-refractivity contribution in [3.05, 3.63) is 11.1 Å². The molecule has 2 saturated heterocycles. The minimum absolute atomic E-state index is 0.124. The zero-order valence-electron chi connectivity index (χ0n) is 13.2. The maximum absolute atomic E-state index is 9.43. The average Bonchev–Trinajstić information content (AvgIpc) is 2.64. The second kappa shape index (κ2) is 7.52. The van der Waals surface area contributed by atoms with Crippen LogP contribution in [-0.4, -0.2) is 47.7 Å². The van der Waals surface area contributed by atoms with Gasteiger partial charge in [-0.3, -0.25) is 0 Å². The van der Waals surface area contributed by atoms with E-state index in [4.69, 9.17) is 0 Å². The molecule has 3 heterocycles. The van der Waals surface area contributed by atoms with Crippen molar-refractivity contribution in [1.82, 2.24) is 9.80 Å². The summed E-state index contributed by atoms with van der Waals surface area (Å²) >= 11 is 1.18. The quantitative estimate of drug-likeness (QED) is 0.504. The summed E-state index contributed by atoms with van der Waals surface area (Å²) in [5.74, 6) is 1.53. The van der Waals surface area contributed by atoms with E-state index in [1.54, 1.807) is 0 Å². The molecule has 0 aromatic heterocycles. The van der Waals surface area contributed by atoms with Crippen molar-refractivity contribution in [3.8, 4) is 12.1 Å². The Balaban J connectivity index is 1.97. The number of nitriles is 2. The first-order valence-electron chi connectivity index (χ1n) is 8.22. The molecule has 0 bridgehead atoms. The van der Waals surface area contributed by atoms with Gasteiger partial charge >= 0.3 is 0 Å². The van der Waals surface area contributed by atoms with Gasteiger partial charge in [0.05, 0.1) is 5.57 Å². The lowest BCUT2D eigenvalue weighted by Gasteiger charge is -2.36. The number of hydrogen-bond donors (Lipinski definition) is 0. The van der Waals surface area contributed by atoms with Crippen LogP contribution in [0.25, 0.3) is 0 Å². The van der Waals surface area contributed by atoms with Gasteiger partial charge in [-0.05, 0) is 38.5 Å². The molecule has 0 aromatic rings. The van der Waals surface area contributed by atoms with Crippen LogP contribution in [0, 0.1) is 22.7 Å². The second-order valence-corrected chi connectivity index (χ2v) is 6.51. The molecule has 7 heteroatoms. The van der Waals surface area contributed by atoms with Crippen molar-refractivity contribution in [3.63, 3.8) is 0 Å². The van der Waals surface area contributed by atoms with E-state index < -0.39 is 0 Å². The van der Waals surface area contributed by atoms with Gasteiger partial charge in [-0.15, -0.1) is 0 Å². The predicted octanol–water partition coefficient (Wildman–Crippen LogP) is 2.68. The molecular weight excluding hydrogens is 308 g/mol. The first kappa shape index (κ1) is 15.9. The summed E-state index contributed by atoms with van der Waals surface area (Å²) in [7, 11) is 0. The summed E-state index contributed by atoms with van der Waals surface area (Å²) in [6.45, 7) is 3.72. The molecule has 0 amide bonds. The first-order chi connectivity index (χ1) is 11.3. The van der Waals surface area contributed by atoms with Crippen LogP contribution >= 0.6 is 12.1 Å². The van der Waals surface area contributed by atoms with Crippen molar-refractivity contribution >= 4 is 23.8 Å². The van der Waals surface area contributed by atoms with E-state index in [0.29, 0.717) is 5.57 Å². The molecule has 23 heavy (non-hydrogen) atoms. The van der Waals surface area contributed by atoms with Crippen LogP contribution in [0.3, 0.4) is 0 Å². The van der Waals surface area contributed by atoms with Gasteiger partial charge in [-0.1, -0.05) is 0 Å². The van der Waals surface area contributed by atoms with Crippen LogP contribution in [-0.2, 0) is 0 Å². The highest BCUT2D eigenvalue weighted by Gasteiger charge is 2.31. The Morgan fingerprint density at radius 2 is 1.22 bits per heavy atom. The summed E-state index contributed by atoms with van der Waals surface area (Å²) in [5, 5.41) is 18.9. The topological polar surface area (TPSA) is 78.8 Å². The first-order valence-corrected chi connectivity index (χ1v) is 8.95. The Kier molecular flexibility index (Phi) is 5.19. The molecule has 0 saturated carbocycles. The highest BCUT2D eigenvalue weighted by molar-refractivity contribution is 7.97. The average molecular weight is 328 g/mol. The third kappa shape index (κ3) is 3.35. The van der Waals surface area contributed by atoms with Crippen molar-refractivity contribution in [2.24, 2.45) is 8.80 Å². The number of amidine groups is 2. The maximum Gasteiger partial charge on any atom is 0.151 e. The molecule has 0 unspecified atom stereocenters. The van der Waals surface area contributed by atoms with Crippen LogP contribution in [0.4, 0.5) is 0 Å². The zero-order chi connectivity index (χ0) is 16.1. The van der Waals surface area contributed by atoms with E-state index in [1.165, 1.54) is 25.0 Å². The van der Waals surface area contributed by atoms with E-state index in [9.17, 15) is 10.5 Å². The predicted molar refractivity (Wildman–Crippen MR) is 91.6 cm³/mol. The minimum atomic E-state index is 0.124. The Morgan fingerprint density at radius 1 is 0.783 bits per heavy atom. The normalized spacial score (nSPS) is 21.9. The van der Waals surface area contributed by atoms with Gasteiger partial charge in [-0.2, -0.15) is 19.3 Å². The third-order valence-electron chi connectivity index (χ3n) is 4.49. The Hall–Kier alpha value is -1.99. The summed E-state index contributed by atoms with van der Waals surface area (Å²) in [4.78, 5) is 4.41. The zero-order valence-corrected chi connectivity index (χ0v) is 14.0. The SMILES string of the molecule is N#CC(C#N)=C1C(N2CCCCC2)=NSN=C1N1CCCCC1. The van der Waals surface area contributed by atoms with Gasteiger partial charge in [0.2, 0.25) is 0 Å². The Bertz CT molecular complexity index is 572. The molecule has 2 fully saturated rings. The number of nitrogens with zero attached hydrogens (tertiary/aromatic N) is 6. The van der Waals surface area contributed by atoms with Gasteiger partial charge in [0.25, 0.3) is 0 Å². The fraction of sp³-hybridized carbons (Fsp3) is 0.625. The molecule has 3 aliphatic rings. The molecule has 3 aliphatic heterocycles. The van der Waals surface area contributed by atoms with E-state index >= 15 is 0 Å². The number of likely N-dealkylation sites (tertiary alicyclic amines) is 2. The third-order valence-corrected chi connectivity index (χ3v) is 5.00. The van der Waals surface area contributed by atoms with Crippen molar-refractivity contribution in [2.75, 3.05) is 26.2 Å². The summed E-state index contributed by atoms with van der Waals surface area (Å²) in [6.07, 6.45) is 6.96.